The van der Waals surface area contributed by atoms with E-state index in [0.717, 1.165) is 32.2 Å². The summed E-state index contributed by atoms with van der Waals surface area (Å²) in [6, 6.07) is 4.68. The molecule has 154 valence electrons. The number of carbonyl (C=O) groups is 1. The first-order valence-electron chi connectivity index (χ1n) is 10.1. The molecular weight excluding hydrogens is 378 g/mol. The number of hydrogen-bond acceptors (Lipinski definition) is 5. The number of rotatable bonds is 5. The first-order valence-corrected chi connectivity index (χ1v) is 11.5. The van der Waals surface area contributed by atoms with Gasteiger partial charge in [-0.15, -0.1) is 0 Å². The van der Waals surface area contributed by atoms with Gasteiger partial charge in [0.2, 0.25) is 10.0 Å². The Morgan fingerprint density at radius 3 is 2.46 bits per heavy atom. The summed E-state index contributed by atoms with van der Waals surface area (Å²) >= 11 is 0. The number of ether oxygens (including phenoxy) is 1. The highest BCUT2D eigenvalue weighted by molar-refractivity contribution is 7.89. The first kappa shape index (κ1) is 19.7. The maximum atomic E-state index is 13.1. The molecule has 0 unspecified atom stereocenters. The van der Waals surface area contributed by atoms with E-state index in [1.165, 1.54) is 26.0 Å². The highest BCUT2D eigenvalue weighted by atomic mass is 32.2. The molecule has 0 bridgehead atoms. The van der Waals surface area contributed by atoms with E-state index < -0.39 is 10.0 Å². The molecule has 28 heavy (non-hydrogen) atoms. The van der Waals surface area contributed by atoms with Crippen molar-refractivity contribution in [3.8, 4) is 5.75 Å². The second-order valence-corrected chi connectivity index (χ2v) is 9.99. The fraction of sp³-hybridized carbons (Fsp3) is 0.650. The molecule has 3 fully saturated rings. The van der Waals surface area contributed by atoms with Gasteiger partial charge in [-0.1, -0.05) is 0 Å². The van der Waals surface area contributed by atoms with Crippen LogP contribution < -0.4 is 9.46 Å². The largest absolute Gasteiger partial charge is 0.495 e. The monoisotopic (exact) mass is 407 g/mol. The molecule has 4 rings (SSSR count). The van der Waals surface area contributed by atoms with E-state index in [-0.39, 0.29) is 28.1 Å². The van der Waals surface area contributed by atoms with Crippen LogP contribution in [0.5, 0.6) is 5.75 Å². The van der Waals surface area contributed by atoms with Gasteiger partial charge >= 0.3 is 0 Å². The fourth-order valence-corrected chi connectivity index (χ4v) is 6.02. The fourth-order valence-electron chi connectivity index (χ4n) is 4.52. The number of methoxy groups -OCH3 is 1. The van der Waals surface area contributed by atoms with E-state index in [2.05, 4.69) is 16.7 Å². The number of sulfonamides is 1. The first-order chi connectivity index (χ1) is 13.3. The average Bonchev–Trinajstić information content (AvgIpc) is 3.43. The molecule has 1 aromatic carbocycles. The lowest BCUT2D eigenvalue weighted by Gasteiger charge is -2.43. The van der Waals surface area contributed by atoms with E-state index in [4.69, 9.17) is 4.74 Å². The van der Waals surface area contributed by atoms with Crippen LogP contribution in [0, 0.1) is 0 Å². The molecule has 1 aliphatic carbocycles. The molecule has 1 N–H and O–H groups in total. The minimum absolute atomic E-state index is 0.00394. The van der Waals surface area contributed by atoms with Gasteiger partial charge in [-0.3, -0.25) is 4.79 Å². The topological polar surface area (TPSA) is 79.0 Å². The van der Waals surface area contributed by atoms with E-state index in [1.807, 2.05) is 4.90 Å². The highest BCUT2D eigenvalue weighted by Gasteiger charge is 2.42. The number of likely N-dealkylation sites (tertiary alicyclic amines) is 2. The molecular formula is C20H29N3O4S. The van der Waals surface area contributed by atoms with E-state index in [1.54, 1.807) is 12.1 Å². The zero-order valence-electron chi connectivity index (χ0n) is 16.6. The Hall–Kier alpha value is -1.64. The standard InChI is InChI=1S/C20H29N3O4S/c1-22-11-3-8-20(22)9-12-23(13-10-20)19(24)15-4-7-17(27-2)18(14-15)28(25,26)21-16-5-6-16/h4,7,14,16,21H,3,5-6,8-13H2,1-2H3. The molecule has 2 aliphatic heterocycles. The number of nitrogens with one attached hydrogen (secondary N) is 1. The molecule has 1 spiro atoms. The van der Waals surface area contributed by atoms with Crippen LogP contribution in [0.4, 0.5) is 0 Å². The Morgan fingerprint density at radius 1 is 1.18 bits per heavy atom. The van der Waals surface area contributed by atoms with Crippen LogP contribution in [0.2, 0.25) is 0 Å². The number of piperidine rings is 1. The Morgan fingerprint density at radius 2 is 1.89 bits per heavy atom. The van der Waals surface area contributed by atoms with Gasteiger partial charge in [-0.05, 0) is 70.3 Å². The molecule has 2 saturated heterocycles. The van der Waals surface area contributed by atoms with E-state index in [0.29, 0.717) is 18.7 Å². The van der Waals surface area contributed by atoms with Crippen molar-refractivity contribution < 1.29 is 17.9 Å². The van der Waals surface area contributed by atoms with Crippen LogP contribution >= 0.6 is 0 Å². The van der Waals surface area contributed by atoms with Crippen molar-refractivity contribution in [3.63, 3.8) is 0 Å². The lowest BCUT2D eigenvalue weighted by Crippen LogP contribution is -2.52. The van der Waals surface area contributed by atoms with Crippen molar-refractivity contribution in [2.45, 2.75) is 55.0 Å². The Labute approximate surface area is 167 Å². The second-order valence-electron chi connectivity index (χ2n) is 8.30. The quantitative estimate of drug-likeness (QED) is 0.806. The molecule has 3 aliphatic rings. The van der Waals surface area contributed by atoms with E-state index >= 15 is 0 Å². The van der Waals surface area contributed by atoms with Gasteiger partial charge in [0, 0.05) is 30.2 Å². The van der Waals surface area contributed by atoms with Gasteiger partial charge in [0.05, 0.1) is 7.11 Å². The Balaban J connectivity index is 1.52. The van der Waals surface area contributed by atoms with Crippen molar-refractivity contribution >= 4 is 15.9 Å². The summed E-state index contributed by atoms with van der Waals surface area (Å²) < 4.78 is 33.3. The SMILES string of the molecule is COc1ccc(C(=O)N2CCC3(CCCN3C)CC2)cc1S(=O)(=O)NC1CC1. The number of benzene rings is 1. The Bertz CT molecular complexity index is 858. The summed E-state index contributed by atoms with van der Waals surface area (Å²) in [5.41, 5.74) is 0.632. The summed E-state index contributed by atoms with van der Waals surface area (Å²) in [7, 11) is -0.0863. The van der Waals surface area contributed by atoms with Crippen molar-refractivity contribution in [2.75, 3.05) is 33.8 Å². The van der Waals surface area contributed by atoms with Crippen LogP contribution in [0.3, 0.4) is 0 Å². The molecule has 1 saturated carbocycles. The zero-order valence-corrected chi connectivity index (χ0v) is 17.4. The minimum atomic E-state index is -3.70. The van der Waals surface area contributed by atoms with Crippen LogP contribution in [0.15, 0.2) is 23.1 Å². The summed E-state index contributed by atoms with van der Waals surface area (Å²) in [4.78, 5) is 17.4. The Kier molecular flexibility index (Phi) is 5.14. The summed E-state index contributed by atoms with van der Waals surface area (Å²) in [5, 5.41) is 0. The predicted molar refractivity (Wildman–Crippen MR) is 106 cm³/mol. The van der Waals surface area contributed by atoms with Crippen molar-refractivity contribution in [3.05, 3.63) is 23.8 Å². The lowest BCUT2D eigenvalue weighted by molar-refractivity contribution is 0.0492. The van der Waals surface area contributed by atoms with Crippen molar-refractivity contribution in [1.29, 1.82) is 0 Å². The van der Waals surface area contributed by atoms with Crippen LogP contribution in [0.1, 0.15) is 48.9 Å². The third-order valence-electron chi connectivity index (χ3n) is 6.53. The third-order valence-corrected chi connectivity index (χ3v) is 8.07. The molecule has 0 radical (unpaired) electrons. The van der Waals surface area contributed by atoms with Gasteiger partial charge in [-0.25, -0.2) is 13.1 Å². The smallest absolute Gasteiger partial charge is 0.253 e. The number of hydrogen-bond donors (Lipinski definition) is 1. The molecule has 0 atom stereocenters. The molecule has 1 amide bonds. The maximum absolute atomic E-state index is 13.1. The summed E-state index contributed by atoms with van der Waals surface area (Å²) in [5.74, 6) is 0.149. The number of nitrogens with zero attached hydrogens (tertiary/aromatic N) is 2. The van der Waals surface area contributed by atoms with Crippen LogP contribution in [0.25, 0.3) is 0 Å². The third kappa shape index (κ3) is 3.65. The molecule has 7 nitrogen and oxygen atoms in total. The lowest BCUT2D eigenvalue weighted by atomic mass is 9.85. The maximum Gasteiger partial charge on any atom is 0.253 e. The molecule has 2 heterocycles. The van der Waals surface area contributed by atoms with Crippen LogP contribution in [-0.2, 0) is 10.0 Å². The summed E-state index contributed by atoms with van der Waals surface area (Å²) in [6.45, 7) is 2.54. The van der Waals surface area contributed by atoms with Gasteiger partial charge in [-0.2, -0.15) is 0 Å². The van der Waals surface area contributed by atoms with Gasteiger partial charge < -0.3 is 14.5 Å². The van der Waals surface area contributed by atoms with Crippen molar-refractivity contribution in [1.82, 2.24) is 14.5 Å². The van der Waals surface area contributed by atoms with Gasteiger partial charge in [0.25, 0.3) is 5.91 Å². The highest BCUT2D eigenvalue weighted by Crippen LogP contribution is 2.37. The van der Waals surface area contributed by atoms with Crippen LogP contribution in [-0.4, -0.2) is 69.5 Å². The zero-order chi connectivity index (χ0) is 19.9. The molecule has 8 heteroatoms. The second kappa shape index (κ2) is 7.31. The summed E-state index contributed by atoms with van der Waals surface area (Å²) in [6.07, 6.45) is 6.06. The number of carbonyl (C=O) groups excluding carboxylic acids is 1. The predicted octanol–water partition coefficient (Wildman–Crippen LogP) is 1.84. The van der Waals surface area contributed by atoms with Gasteiger partial charge in [0.15, 0.2) is 0 Å². The average molecular weight is 408 g/mol. The normalized spacial score (nSPS) is 22.6. The van der Waals surface area contributed by atoms with E-state index in [9.17, 15) is 13.2 Å². The minimum Gasteiger partial charge on any atom is -0.495 e. The number of amides is 1. The van der Waals surface area contributed by atoms with Gasteiger partial charge in [0.1, 0.15) is 10.6 Å². The molecule has 1 aromatic rings. The van der Waals surface area contributed by atoms with Crippen molar-refractivity contribution in [2.24, 2.45) is 0 Å². The molecule has 0 aromatic heterocycles.